The molecule has 6 heteroatoms. The van der Waals surface area contributed by atoms with Crippen LogP contribution in [0.5, 0.6) is 5.75 Å². The Labute approximate surface area is 133 Å². The Kier molecular flexibility index (Phi) is 6.87. The van der Waals surface area contributed by atoms with Gasteiger partial charge in [0.2, 0.25) is 5.91 Å². The van der Waals surface area contributed by atoms with Gasteiger partial charge in [0, 0.05) is 19.0 Å². The summed E-state index contributed by atoms with van der Waals surface area (Å²) in [6.45, 7) is 6.60. The number of hydrogen-bond acceptors (Lipinski definition) is 4. The number of hydrogen-bond donors (Lipinski definition) is 0. The number of carbonyl (C=O) groups excluding carboxylic acids is 1. The molecule has 0 unspecified atom stereocenters. The Balaban J connectivity index is 2.83. The third-order valence-corrected chi connectivity index (χ3v) is 3.93. The summed E-state index contributed by atoms with van der Waals surface area (Å²) in [5, 5.41) is 0. The summed E-state index contributed by atoms with van der Waals surface area (Å²) >= 11 is 0. The van der Waals surface area contributed by atoms with E-state index in [-0.39, 0.29) is 17.7 Å². The smallest absolute Gasteiger partial charge is 0.306 e. The summed E-state index contributed by atoms with van der Waals surface area (Å²) in [5.41, 5.74) is 0.950. The Hall–Kier alpha value is -1.56. The molecule has 0 bridgehead atoms. The second kappa shape index (κ2) is 8.17. The molecule has 0 heterocycles. The van der Waals surface area contributed by atoms with Crippen molar-refractivity contribution in [1.29, 1.82) is 0 Å². The van der Waals surface area contributed by atoms with Crippen LogP contribution in [-0.4, -0.2) is 31.5 Å². The van der Waals surface area contributed by atoms with Crippen LogP contribution in [0, 0.1) is 0 Å². The third kappa shape index (κ3) is 6.05. The highest BCUT2D eigenvalue weighted by Gasteiger charge is 2.18. The zero-order valence-electron chi connectivity index (χ0n) is 13.7. The molecule has 0 aromatic heterocycles. The van der Waals surface area contributed by atoms with Crippen LogP contribution >= 0.6 is 0 Å². The van der Waals surface area contributed by atoms with E-state index in [9.17, 15) is 13.2 Å². The normalized spacial score (nSPS) is 12.7. The van der Waals surface area contributed by atoms with Crippen LogP contribution in [0.1, 0.15) is 45.6 Å². The van der Waals surface area contributed by atoms with Crippen molar-refractivity contribution in [2.75, 3.05) is 6.26 Å². The maximum Gasteiger partial charge on any atom is 0.306 e. The van der Waals surface area contributed by atoms with Crippen molar-refractivity contribution in [3.63, 3.8) is 0 Å². The largest absolute Gasteiger partial charge is 0.383 e. The van der Waals surface area contributed by atoms with Gasteiger partial charge in [0.25, 0.3) is 0 Å². The maximum absolute atomic E-state index is 12.2. The van der Waals surface area contributed by atoms with E-state index >= 15 is 0 Å². The number of nitrogens with zero attached hydrogens (tertiary/aromatic N) is 1. The summed E-state index contributed by atoms with van der Waals surface area (Å²) < 4.78 is 27.0. The summed E-state index contributed by atoms with van der Waals surface area (Å²) in [5.74, 6) is 0.425. The topological polar surface area (TPSA) is 63.7 Å². The lowest BCUT2D eigenvalue weighted by molar-refractivity contribution is -0.134. The summed E-state index contributed by atoms with van der Waals surface area (Å²) in [7, 11) is -3.52. The van der Waals surface area contributed by atoms with Crippen molar-refractivity contribution in [3.8, 4) is 5.75 Å². The van der Waals surface area contributed by atoms with Gasteiger partial charge in [-0.3, -0.25) is 4.79 Å². The fourth-order valence-electron chi connectivity index (χ4n) is 2.09. The SMILES string of the molecule is CCCC(=O)N(Cc1ccc(OS(C)(=O)=O)cc1)[C@@H](C)CC. The average Bonchev–Trinajstić information content (AvgIpc) is 2.44. The van der Waals surface area contributed by atoms with Gasteiger partial charge in [-0.05, 0) is 37.5 Å². The third-order valence-electron chi connectivity index (χ3n) is 3.43. The van der Waals surface area contributed by atoms with E-state index in [0.717, 1.165) is 24.7 Å². The molecule has 0 fully saturated rings. The predicted molar refractivity (Wildman–Crippen MR) is 87.1 cm³/mol. The molecular weight excluding hydrogens is 302 g/mol. The van der Waals surface area contributed by atoms with Crippen molar-refractivity contribution in [2.24, 2.45) is 0 Å². The van der Waals surface area contributed by atoms with Crippen molar-refractivity contribution >= 4 is 16.0 Å². The number of amides is 1. The highest BCUT2D eigenvalue weighted by atomic mass is 32.2. The van der Waals surface area contributed by atoms with E-state index in [0.29, 0.717) is 13.0 Å². The second-order valence-electron chi connectivity index (χ2n) is 5.46. The van der Waals surface area contributed by atoms with Crippen LogP contribution in [0.15, 0.2) is 24.3 Å². The lowest BCUT2D eigenvalue weighted by atomic mass is 10.1. The van der Waals surface area contributed by atoms with Gasteiger partial charge in [0.1, 0.15) is 5.75 Å². The lowest BCUT2D eigenvalue weighted by Crippen LogP contribution is -2.37. The molecule has 5 nitrogen and oxygen atoms in total. The van der Waals surface area contributed by atoms with E-state index in [4.69, 9.17) is 4.18 Å². The van der Waals surface area contributed by atoms with E-state index in [1.54, 1.807) is 24.3 Å². The molecule has 0 aliphatic carbocycles. The van der Waals surface area contributed by atoms with Crippen LogP contribution in [0.3, 0.4) is 0 Å². The summed E-state index contributed by atoms with van der Waals surface area (Å²) in [4.78, 5) is 14.1. The van der Waals surface area contributed by atoms with Crippen LogP contribution < -0.4 is 4.18 Å². The molecule has 0 saturated carbocycles. The van der Waals surface area contributed by atoms with Gasteiger partial charge < -0.3 is 9.08 Å². The molecule has 0 aliphatic rings. The van der Waals surface area contributed by atoms with Gasteiger partial charge in [-0.1, -0.05) is 26.0 Å². The van der Waals surface area contributed by atoms with Crippen LogP contribution in [0.4, 0.5) is 0 Å². The van der Waals surface area contributed by atoms with E-state index in [2.05, 4.69) is 6.92 Å². The van der Waals surface area contributed by atoms with Gasteiger partial charge in [-0.2, -0.15) is 8.42 Å². The molecule has 0 aliphatic heterocycles. The quantitative estimate of drug-likeness (QED) is 0.689. The zero-order chi connectivity index (χ0) is 16.8. The van der Waals surface area contributed by atoms with Gasteiger partial charge in [0.15, 0.2) is 0 Å². The fourth-order valence-corrected chi connectivity index (χ4v) is 2.55. The molecule has 1 amide bonds. The Morgan fingerprint density at radius 1 is 1.23 bits per heavy atom. The lowest BCUT2D eigenvalue weighted by Gasteiger charge is -2.29. The first-order valence-corrected chi connectivity index (χ1v) is 9.36. The molecule has 0 N–H and O–H groups in total. The highest BCUT2D eigenvalue weighted by molar-refractivity contribution is 7.86. The van der Waals surface area contributed by atoms with Crippen molar-refractivity contribution < 1.29 is 17.4 Å². The number of rotatable bonds is 8. The molecule has 124 valence electrons. The molecule has 0 spiro atoms. The van der Waals surface area contributed by atoms with E-state index in [1.807, 2.05) is 18.7 Å². The van der Waals surface area contributed by atoms with Gasteiger partial charge >= 0.3 is 10.1 Å². The molecule has 22 heavy (non-hydrogen) atoms. The molecule has 1 atom stereocenters. The summed E-state index contributed by atoms with van der Waals surface area (Å²) in [6, 6.07) is 6.96. The van der Waals surface area contributed by atoms with Gasteiger partial charge in [-0.25, -0.2) is 0 Å². The van der Waals surface area contributed by atoms with E-state index < -0.39 is 10.1 Å². The minimum absolute atomic E-state index is 0.147. The molecule has 1 rings (SSSR count). The Morgan fingerprint density at radius 2 is 1.82 bits per heavy atom. The Bertz CT molecular complexity index is 581. The van der Waals surface area contributed by atoms with Crippen molar-refractivity contribution in [3.05, 3.63) is 29.8 Å². The van der Waals surface area contributed by atoms with Gasteiger partial charge in [0.05, 0.1) is 6.26 Å². The van der Waals surface area contributed by atoms with Crippen LogP contribution in [-0.2, 0) is 21.5 Å². The zero-order valence-corrected chi connectivity index (χ0v) is 14.5. The fraction of sp³-hybridized carbons (Fsp3) is 0.562. The molecule has 1 aromatic rings. The standard InChI is InChI=1S/C16H25NO4S/c1-5-7-16(18)17(13(3)6-2)12-14-8-10-15(11-9-14)21-22(4,19)20/h8-11,13H,5-7,12H2,1-4H3/t13-/m0/s1. The molecular formula is C16H25NO4S. The first-order valence-electron chi connectivity index (χ1n) is 7.54. The summed E-state index contributed by atoms with van der Waals surface area (Å²) in [6.07, 6.45) is 3.27. The molecule has 1 aromatic carbocycles. The van der Waals surface area contributed by atoms with Crippen molar-refractivity contribution in [1.82, 2.24) is 4.90 Å². The Morgan fingerprint density at radius 3 is 2.27 bits per heavy atom. The minimum atomic E-state index is -3.52. The van der Waals surface area contributed by atoms with Crippen LogP contribution in [0.2, 0.25) is 0 Å². The van der Waals surface area contributed by atoms with E-state index in [1.165, 1.54) is 0 Å². The second-order valence-corrected chi connectivity index (χ2v) is 7.04. The number of carbonyl (C=O) groups is 1. The number of benzene rings is 1. The first kappa shape index (κ1) is 18.5. The van der Waals surface area contributed by atoms with Gasteiger partial charge in [-0.15, -0.1) is 0 Å². The average molecular weight is 327 g/mol. The minimum Gasteiger partial charge on any atom is -0.383 e. The monoisotopic (exact) mass is 327 g/mol. The first-order chi connectivity index (χ1) is 10.3. The molecule has 0 saturated heterocycles. The highest BCUT2D eigenvalue weighted by Crippen LogP contribution is 2.17. The maximum atomic E-state index is 12.2. The van der Waals surface area contributed by atoms with Crippen LogP contribution in [0.25, 0.3) is 0 Å². The predicted octanol–water partition coefficient (Wildman–Crippen LogP) is 2.95. The molecule has 0 radical (unpaired) electrons. The van der Waals surface area contributed by atoms with Crippen molar-refractivity contribution in [2.45, 2.75) is 52.6 Å².